The van der Waals surface area contributed by atoms with Crippen LogP contribution >= 0.6 is 0 Å². The molecule has 6 heteroatoms. The van der Waals surface area contributed by atoms with Crippen LogP contribution in [0.1, 0.15) is 16.7 Å². The fourth-order valence-corrected chi connectivity index (χ4v) is 3.27. The van der Waals surface area contributed by atoms with E-state index >= 15 is 0 Å². The van der Waals surface area contributed by atoms with Gasteiger partial charge in [0.05, 0.1) is 6.54 Å². The van der Waals surface area contributed by atoms with Gasteiger partial charge in [0.25, 0.3) is 0 Å². The minimum Gasteiger partial charge on any atom is -0.337 e. The van der Waals surface area contributed by atoms with E-state index in [2.05, 4.69) is 15.2 Å². The van der Waals surface area contributed by atoms with E-state index < -0.39 is 0 Å². The molecule has 0 spiro atoms. The van der Waals surface area contributed by atoms with E-state index in [1.807, 2.05) is 49.1 Å². The van der Waals surface area contributed by atoms with E-state index in [4.69, 9.17) is 0 Å². The molecule has 1 N–H and O–H groups in total. The second kappa shape index (κ2) is 9.28. The second-order valence-corrected chi connectivity index (χ2v) is 7.04. The van der Waals surface area contributed by atoms with Crippen LogP contribution in [-0.4, -0.2) is 59.3 Å². The number of carbonyl (C=O) groups excluding carboxylic acids is 2. The summed E-state index contributed by atoms with van der Waals surface area (Å²) in [5.74, 6) is -0.0304. The van der Waals surface area contributed by atoms with Crippen LogP contribution in [0.25, 0.3) is 6.08 Å². The Hall–Kier alpha value is -2.99. The summed E-state index contributed by atoms with van der Waals surface area (Å²) >= 11 is 0. The lowest BCUT2D eigenvalue weighted by Crippen LogP contribution is -2.50. The lowest BCUT2D eigenvalue weighted by atomic mass is 10.1. The molecule has 0 atom stereocenters. The number of carbonyl (C=O) groups is 2. The number of nitrogens with one attached hydrogen (secondary N) is 1. The van der Waals surface area contributed by atoms with Crippen LogP contribution in [0.2, 0.25) is 0 Å². The molecule has 146 valence electrons. The monoisotopic (exact) mass is 378 g/mol. The number of aryl methyl sites for hydroxylation is 2. The Kier molecular flexibility index (Phi) is 6.55. The van der Waals surface area contributed by atoms with E-state index in [1.165, 1.54) is 0 Å². The van der Waals surface area contributed by atoms with Crippen LogP contribution < -0.4 is 5.32 Å². The van der Waals surface area contributed by atoms with Crippen LogP contribution in [0.5, 0.6) is 0 Å². The van der Waals surface area contributed by atoms with Crippen LogP contribution in [0.15, 0.2) is 48.8 Å². The number of anilines is 1. The van der Waals surface area contributed by atoms with Crippen molar-refractivity contribution in [2.24, 2.45) is 0 Å². The van der Waals surface area contributed by atoms with Gasteiger partial charge >= 0.3 is 0 Å². The van der Waals surface area contributed by atoms with E-state index in [0.29, 0.717) is 32.7 Å². The summed E-state index contributed by atoms with van der Waals surface area (Å²) in [4.78, 5) is 32.7. The first-order valence-electron chi connectivity index (χ1n) is 9.48. The van der Waals surface area contributed by atoms with Crippen molar-refractivity contribution in [1.82, 2.24) is 14.8 Å². The normalized spacial score (nSPS) is 15.0. The number of rotatable bonds is 5. The highest BCUT2D eigenvalue weighted by Crippen LogP contribution is 2.19. The molecule has 2 aromatic rings. The third-order valence-corrected chi connectivity index (χ3v) is 4.90. The third-order valence-electron chi connectivity index (χ3n) is 4.90. The van der Waals surface area contributed by atoms with E-state index in [0.717, 1.165) is 22.4 Å². The number of pyridine rings is 1. The predicted molar refractivity (Wildman–Crippen MR) is 111 cm³/mol. The van der Waals surface area contributed by atoms with Gasteiger partial charge < -0.3 is 10.2 Å². The summed E-state index contributed by atoms with van der Waals surface area (Å²) in [6.07, 6.45) is 6.78. The zero-order chi connectivity index (χ0) is 19.9. The molecule has 1 aromatic heterocycles. The van der Waals surface area contributed by atoms with Crippen LogP contribution in [0, 0.1) is 13.8 Å². The molecule has 0 saturated carbocycles. The first-order chi connectivity index (χ1) is 13.5. The standard InChI is InChI=1S/C22H26N4O2/c1-17-5-3-6-18(2)22(17)24-20(27)16-25-11-13-26(14-12-25)21(28)9-8-19-7-4-10-23-15-19/h3-10,15H,11-14,16H2,1-2H3,(H,24,27). The highest BCUT2D eigenvalue weighted by Gasteiger charge is 2.21. The van der Waals surface area contributed by atoms with Crippen LogP contribution in [0.4, 0.5) is 5.69 Å². The molecular weight excluding hydrogens is 352 g/mol. The Labute approximate surface area is 165 Å². The molecule has 1 fully saturated rings. The van der Waals surface area contributed by atoms with Crippen molar-refractivity contribution in [3.63, 3.8) is 0 Å². The van der Waals surface area contributed by atoms with Crippen LogP contribution in [0.3, 0.4) is 0 Å². The summed E-state index contributed by atoms with van der Waals surface area (Å²) < 4.78 is 0. The van der Waals surface area contributed by atoms with Gasteiger partial charge in [-0.1, -0.05) is 24.3 Å². The molecule has 3 rings (SSSR count). The van der Waals surface area contributed by atoms with Crippen molar-refractivity contribution in [2.75, 3.05) is 38.0 Å². The van der Waals surface area contributed by atoms with Crippen LogP contribution in [-0.2, 0) is 9.59 Å². The Morgan fingerprint density at radius 1 is 1.07 bits per heavy atom. The number of hydrogen-bond donors (Lipinski definition) is 1. The summed E-state index contributed by atoms with van der Waals surface area (Å²) in [5, 5.41) is 3.02. The van der Waals surface area contributed by atoms with Gasteiger partial charge in [0, 0.05) is 50.3 Å². The van der Waals surface area contributed by atoms with Gasteiger partial charge in [-0.15, -0.1) is 0 Å². The van der Waals surface area contributed by atoms with Gasteiger partial charge in [-0.25, -0.2) is 0 Å². The number of para-hydroxylation sites is 1. The first-order valence-corrected chi connectivity index (χ1v) is 9.48. The molecule has 0 radical (unpaired) electrons. The molecular formula is C22H26N4O2. The number of benzene rings is 1. The average Bonchev–Trinajstić information content (AvgIpc) is 2.70. The molecule has 6 nitrogen and oxygen atoms in total. The summed E-state index contributed by atoms with van der Waals surface area (Å²) in [7, 11) is 0. The Bertz CT molecular complexity index is 836. The molecule has 1 aromatic carbocycles. The maximum Gasteiger partial charge on any atom is 0.246 e. The highest BCUT2D eigenvalue weighted by molar-refractivity contribution is 5.94. The fourth-order valence-electron chi connectivity index (χ4n) is 3.27. The van der Waals surface area contributed by atoms with Crippen molar-refractivity contribution in [1.29, 1.82) is 0 Å². The topological polar surface area (TPSA) is 65.5 Å². The average molecular weight is 378 g/mol. The van der Waals surface area contributed by atoms with Gasteiger partial charge in [0.2, 0.25) is 11.8 Å². The molecule has 1 aliphatic rings. The summed E-state index contributed by atoms with van der Waals surface area (Å²) in [5.41, 5.74) is 3.91. The second-order valence-electron chi connectivity index (χ2n) is 7.04. The molecule has 1 aliphatic heterocycles. The van der Waals surface area contributed by atoms with Gasteiger partial charge in [-0.3, -0.25) is 19.5 Å². The molecule has 28 heavy (non-hydrogen) atoms. The van der Waals surface area contributed by atoms with Gasteiger partial charge in [0.1, 0.15) is 0 Å². The maximum absolute atomic E-state index is 12.4. The molecule has 1 saturated heterocycles. The Balaban J connectivity index is 1.46. The maximum atomic E-state index is 12.4. The quantitative estimate of drug-likeness (QED) is 0.812. The minimum atomic E-state index is -0.0198. The van der Waals surface area contributed by atoms with E-state index in [1.54, 1.807) is 24.5 Å². The number of aromatic nitrogens is 1. The zero-order valence-corrected chi connectivity index (χ0v) is 16.4. The molecule has 0 unspecified atom stereocenters. The Morgan fingerprint density at radius 3 is 2.43 bits per heavy atom. The molecule has 0 aliphatic carbocycles. The smallest absolute Gasteiger partial charge is 0.246 e. The molecule has 0 bridgehead atoms. The number of hydrogen-bond acceptors (Lipinski definition) is 4. The lowest BCUT2D eigenvalue weighted by molar-refractivity contribution is -0.127. The van der Waals surface area contributed by atoms with Crippen molar-refractivity contribution in [3.05, 3.63) is 65.5 Å². The number of amides is 2. The van der Waals surface area contributed by atoms with E-state index in [-0.39, 0.29) is 11.8 Å². The SMILES string of the molecule is Cc1cccc(C)c1NC(=O)CN1CCN(C(=O)C=Cc2cccnc2)CC1. The van der Waals surface area contributed by atoms with Crippen molar-refractivity contribution in [2.45, 2.75) is 13.8 Å². The zero-order valence-electron chi connectivity index (χ0n) is 16.4. The molecule has 2 amide bonds. The molecule has 2 heterocycles. The van der Waals surface area contributed by atoms with Gasteiger partial charge in [-0.2, -0.15) is 0 Å². The lowest BCUT2D eigenvalue weighted by Gasteiger charge is -2.33. The number of piperazine rings is 1. The highest BCUT2D eigenvalue weighted by atomic mass is 16.2. The Morgan fingerprint density at radius 2 is 1.79 bits per heavy atom. The van der Waals surface area contributed by atoms with E-state index in [9.17, 15) is 9.59 Å². The summed E-state index contributed by atoms with van der Waals surface area (Å²) in [6.45, 7) is 6.93. The van der Waals surface area contributed by atoms with Gasteiger partial charge in [-0.05, 0) is 42.7 Å². The van der Waals surface area contributed by atoms with Crippen molar-refractivity contribution >= 4 is 23.6 Å². The minimum absolute atomic E-state index is 0.0107. The fraction of sp³-hybridized carbons (Fsp3) is 0.318. The van der Waals surface area contributed by atoms with Crippen molar-refractivity contribution in [3.8, 4) is 0 Å². The predicted octanol–water partition coefficient (Wildman–Crippen LogP) is 2.49. The number of nitrogens with zero attached hydrogens (tertiary/aromatic N) is 3. The third kappa shape index (κ3) is 5.27. The van der Waals surface area contributed by atoms with Crippen molar-refractivity contribution < 1.29 is 9.59 Å². The summed E-state index contributed by atoms with van der Waals surface area (Å²) in [6, 6.07) is 9.72. The first kappa shape index (κ1) is 19.8. The largest absolute Gasteiger partial charge is 0.337 e. The van der Waals surface area contributed by atoms with Gasteiger partial charge in [0.15, 0.2) is 0 Å².